The van der Waals surface area contributed by atoms with Gasteiger partial charge in [0.1, 0.15) is 5.60 Å². The van der Waals surface area contributed by atoms with Gasteiger partial charge in [-0.3, -0.25) is 4.79 Å². The first-order valence-electron chi connectivity index (χ1n) is 8.11. The first-order chi connectivity index (χ1) is 9.83. The van der Waals surface area contributed by atoms with Gasteiger partial charge in [0.2, 0.25) is 5.91 Å². The number of piperidine rings is 1. The molecule has 2 rings (SSSR count). The molecule has 0 radical (unpaired) electrons. The van der Waals surface area contributed by atoms with Crippen molar-refractivity contribution in [2.45, 2.75) is 70.9 Å². The molecular weight excluding hydrogens is 268 g/mol. The fraction of sp³-hybridized carbons (Fsp3) is 0.875. The normalized spacial score (nSPS) is 20.2. The van der Waals surface area contributed by atoms with E-state index in [4.69, 9.17) is 4.74 Å². The van der Waals surface area contributed by atoms with E-state index in [0.29, 0.717) is 19.5 Å². The number of carbonyl (C=O) groups is 2. The van der Waals surface area contributed by atoms with Crippen LogP contribution in [0.15, 0.2) is 0 Å². The van der Waals surface area contributed by atoms with E-state index in [-0.39, 0.29) is 18.0 Å². The van der Waals surface area contributed by atoms with Crippen LogP contribution in [0.5, 0.6) is 0 Å². The minimum Gasteiger partial charge on any atom is -0.444 e. The lowest BCUT2D eigenvalue weighted by atomic mass is 10.0. The minimum atomic E-state index is -0.453. The van der Waals surface area contributed by atoms with E-state index < -0.39 is 5.60 Å². The monoisotopic (exact) mass is 296 g/mol. The first-order valence-corrected chi connectivity index (χ1v) is 8.11. The van der Waals surface area contributed by atoms with Crippen LogP contribution in [-0.2, 0) is 9.53 Å². The van der Waals surface area contributed by atoms with Gasteiger partial charge < -0.3 is 15.0 Å². The van der Waals surface area contributed by atoms with Crippen molar-refractivity contribution in [1.29, 1.82) is 0 Å². The Morgan fingerprint density at radius 3 is 2.29 bits per heavy atom. The van der Waals surface area contributed by atoms with Crippen molar-refractivity contribution in [2.24, 2.45) is 5.92 Å². The van der Waals surface area contributed by atoms with Crippen LogP contribution in [0.4, 0.5) is 4.79 Å². The fourth-order valence-corrected chi connectivity index (χ4v) is 2.57. The first kappa shape index (κ1) is 16.1. The SMILES string of the molecule is CC(C)(C)OC(=O)N1CCC(NC(=O)CCC2CC2)CC1. The second-order valence-corrected chi connectivity index (χ2v) is 7.29. The van der Waals surface area contributed by atoms with Crippen molar-refractivity contribution >= 4 is 12.0 Å². The molecule has 2 amide bonds. The lowest BCUT2D eigenvalue weighted by molar-refractivity contribution is -0.122. The van der Waals surface area contributed by atoms with Crippen LogP contribution in [0.3, 0.4) is 0 Å². The van der Waals surface area contributed by atoms with Crippen molar-refractivity contribution < 1.29 is 14.3 Å². The molecule has 0 bridgehead atoms. The molecule has 2 aliphatic rings. The number of carbonyl (C=O) groups excluding carboxylic acids is 2. The predicted molar refractivity (Wildman–Crippen MR) is 80.9 cm³/mol. The maximum Gasteiger partial charge on any atom is 0.410 e. The van der Waals surface area contributed by atoms with Gasteiger partial charge in [0.05, 0.1) is 0 Å². The highest BCUT2D eigenvalue weighted by atomic mass is 16.6. The van der Waals surface area contributed by atoms with E-state index in [1.165, 1.54) is 12.8 Å². The molecule has 5 nitrogen and oxygen atoms in total. The van der Waals surface area contributed by atoms with Gasteiger partial charge in [-0.15, -0.1) is 0 Å². The molecule has 0 unspecified atom stereocenters. The average molecular weight is 296 g/mol. The van der Waals surface area contributed by atoms with Crippen LogP contribution >= 0.6 is 0 Å². The number of nitrogens with zero attached hydrogens (tertiary/aromatic N) is 1. The van der Waals surface area contributed by atoms with E-state index >= 15 is 0 Å². The zero-order valence-electron chi connectivity index (χ0n) is 13.5. The largest absolute Gasteiger partial charge is 0.444 e. The number of ether oxygens (including phenoxy) is 1. The van der Waals surface area contributed by atoms with Crippen molar-refractivity contribution in [2.75, 3.05) is 13.1 Å². The van der Waals surface area contributed by atoms with E-state index in [1.807, 2.05) is 20.8 Å². The molecule has 0 aromatic heterocycles. The van der Waals surface area contributed by atoms with Crippen LogP contribution in [0, 0.1) is 5.92 Å². The fourth-order valence-electron chi connectivity index (χ4n) is 2.57. The highest BCUT2D eigenvalue weighted by Crippen LogP contribution is 2.33. The molecule has 0 spiro atoms. The van der Waals surface area contributed by atoms with Crippen LogP contribution in [0.25, 0.3) is 0 Å². The molecule has 1 heterocycles. The summed E-state index contributed by atoms with van der Waals surface area (Å²) >= 11 is 0. The molecule has 0 aromatic carbocycles. The quantitative estimate of drug-likeness (QED) is 0.867. The third-order valence-electron chi connectivity index (χ3n) is 3.99. The van der Waals surface area contributed by atoms with Crippen LogP contribution in [0.1, 0.15) is 59.3 Å². The Balaban J connectivity index is 1.65. The number of nitrogens with one attached hydrogen (secondary N) is 1. The second-order valence-electron chi connectivity index (χ2n) is 7.29. The van der Waals surface area contributed by atoms with Crippen LogP contribution < -0.4 is 5.32 Å². The highest BCUT2D eigenvalue weighted by Gasteiger charge is 2.28. The zero-order chi connectivity index (χ0) is 15.5. The minimum absolute atomic E-state index is 0.164. The Bertz CT molecular complexity index is 377. The summed E-state index contributed by atoms with van der Waals surface area (Å²) in [4.78, 5) is 25.5. The topological polar surface area (TPSA) is 58.6 Å². The molecular formula is C16H28N2O3. The summed E-state index contributed by atoms with van der Waals surface area (Å²) in [6.45, 7) is 6.93. The number of hydrogen-bond donors (Lipinski definition) is 1. The van der Waals surface area contributed by atoms with Gasteiger partial charge in [-0.2, -0.15) is 0 Å². The molecule has 120 valence electrons. The van der Waals surface area contributed by atoms with Gasteiger partial charge in [-0.25, -0.2) is 4.79 Å². The zero-order valence-corrected chi connectivity index (χ0v) is 13.5. The lowest BCUT2D eigenvalue weighted by Crippen LogP contribution is -2.47. The third-order valence-corrected chi connectivity index (χ3v) is 3.99. The Hall–Kier alpha value is -1.26. The Kier molecular flexibility index (Phi) is 5.12. The Labute approximate surface area is 127 Å². The summed E-state index contributed by atoms with van der Waals surface area (Å²) < 4.78 is 5.37. The molecule has 1 N–H and O–H groups in total. The van der Waals surface area contributed by atoms with Crippen molar-refractivity contribution in [3.63, 3.8) is 0 Å². The summed E-state index contributed by atoms with van der Waals surface area (Å²) in [6.07, 6.45) is 5.65. The molecule has 1 saturated carbocycles. The van der Waals surface area contributed by atoms with Gasteiger partial charge in [-0.05, 0) is 46.0 Å². The maximum atomic E-state index is 11.9. The van der Waals surface area contributed by atoms with E-state index in [2.05, 4.69) is 5.32 Å². The third kappa shape index (κ3) is 5.94. The summed E-state index contributed by atoms with van der Waals surface area (Å²) in [7, 11) is 0. The molecule has 21 heavy (non-hydrogen) atoms. The Morgan fingerprint density at radius 1 is 1.14 bits per heavy atom. The molecule has 5 heteroatoms. The average Bonchev–Trinajstić information content (AvgIpc) is 3.19. The molecule has 2 fully saturated rings. The molecule has 1 aliphatic carbocycles. The number of hydrogen-bond acceptors (Lipinski definition) is 3. The molecule has 1 saturated heterocycles. The predicted octanol–water partition coefficient (Wildman–Crippen LogP) is 2.69. The number of rotatable bonds is 4. The van der Waals surface area contributed by atoms with Crippen LogP contribution in [0.2, 0.25) is 0 Å². The van der Waals surface area contributed by atoms with E-state index in [1.54, 1.807) is 4.90 Å². The summed E-state index contributed by atoms with van der Waals surface area (Å²) in [5.41, 5.74) is -0.453. The number of likely N-dealkylation sites (tertiary alicyclic amines) is 1. The van der Waals surface area contributed by atoms with Crippen molar-refractivity contribution in [1.82, 2.24) is 10.2 Å². The van der Waals surface area contributed by atoms with Gasteiger partial charge in [0.15, 0.2) is 0 Å². The second kappa shape index (κ2) is 6.67. The molecule has 0 atom stereocenters. The highest BCUT2D eigenvalue weighted by molar-refractivity contribution is 5.76. The maximum absolute atomic E-state index is 11.9. The van der Waals surface area contributed by atoms with E-state index in [9.17, 15) is 9.59 Å². The summed E-state index contributed by atoms with van der Waals surface area (Å²) in [5, 5.41) is 3.09. The summed E-state index contributed by atoms with van der Waals surface area (Å²) in [5.74, 6) is 0.961. The van der Waals surface area contributed by atoms with Gasteiger partial charge in [-0.1, -0.05) is 12.8 Å². The van der Waals surface area contributed by atoms with Crippen molar-refractivity contribution in [3.05, 3.63) is 0 Å². The van der Waals surface area contributed by atoms with Crippen molar-refractivity contribution in [3.8, 4) is 0 Å². The van der Waals surface area contributed by atoms with E-state index in [0.717, 1.165) is 25.2 Å². The van der Waals surface area contributed by atoms with Gasteiger partial charge in [0.25, 0.3) is 0 Å². The molecule has 0 aromatic rings. The Morgan fingerprint density at radius 2 is 1.76 bits per heavy atom. The van der Waals surface area contributed by atoms with Gasteiger partial charge in [0, 0.05) is 25.6 Å². The molecule has 1 aliphatic heterocycles. The standard InChI is InChI=1S/C16H28N2O3/c1-16(2,3)21-15(20)18-10-8-13(9-11-18)17-14(19)7-6-12-4-5-12/h12-13H,4-11H2,1-3H3,(H,17,19). The van der Waals surface area contributed by atoms with Gasteiger partial charge >= 0.3 is 6.09 Å². The lowest BCUT2D eigenvalue weighted by Gasteiger charge is -2.33. The summed E-state index contributed by atoms with van der Waals surface area (Å²) in [6, 6.07) is 0.204. The smallest absolute Gasteiger partial charge is 0.410 e. The van der Waals surface area contributed by atoms with Crippen LogP contribution in [-0.4, -0.2) is 41.6 Å². The number of amides is 2.